The molecule has 2 aliphatic heterocycles. The van der Waals surface area contributed by atoms with Crippen LogP contribution in [0.15, 0.2) is 48.9 Å². The zero-order chi connectivity index (χ0) is 21.3. The van der Waals surface area contributed by atoms with Crippen LogP contribution >= 0.6 is 0 Å². The number of allylic oxidation sites excluding steroid dienone is 1. The summed E-state index contributed by atoms with van der Waals surface area (Å²) in [5.41, 5.74) is 4.02. The normalized spacial score (nSPS) is 22.6. The van der Waals surface area contributed by atoms with Crippen LogP contribution in [0.1, 0.15) is 60.8 Å². The molecule has 2 saturated heterocycles. The van der Waals surface area contributed by atoms with E-state index in [2.05, 4.69) is 48.9 Å². The lowest BCUT2D eigenvalue weighted by atomic mass is 9.90. The molecule has 0 spiro atoms. The number of ether oxygens (including phenoxy) is 1. The lowest BCUT2D eigenvalue weighted by Crippen LogP contribution is -2.58. The molecular weight excluding hydrogens is 376 g/mol. The maximum atomic E-state index is 13.5. The second-order valence-electron chi connectivity index (χ2n) is 8.73. The van der Waals surface area contributed by atoms with Crippen LogP contribution in [0.3, 0.4) is 0 Å². The molecule has 1 aromatic heterocycles. The maximum Gasteiger partial charge on any atom is 0.272 e. The van der Waals surface area contributed by atoms with Crippen molar-refractivity contribution in [2.75, 3.05) is 26.2 Å². The highest BCUT2D eigenvalue weighted by atomic mass is 16.5. The molecule has 0 saturated carbocycles. The van der Waals surface area contributed by atoms with Crippen LogP contribution in [-0.4, -0.2) is 58.7 Å². The van der Waals surface area contributed by atoms with Gasteiger partial charge >= 0.3 is 0 Å². The fraction of sp³-hybridized carbons (Fsp3) is 0.500. The summed E-state index contributed by atoms with van der Waals surface area (Å²) < 4.78 is 7.90. The summed E-state index contributed by atoms with van der Waals surface area (Å²) in [4.78, 5) is 19.8. The van der Waals surface area contributed by atoms with Gasteiger partial charge < -0.3 is 19.5 Å². The molecule has 3 unspecified atom stereocenters. The number of fused-ring (bicyclic) bond motifs is 1. The third-order valence-electron chi connectivity index (χ3n) is 6.23. The molecular formula is C24H32N4O2. The first-order valence-electron chi connectivity index (χ1n) is 10.9. The number of carbonyl (C=O) groups excluding carboxylic acids is 1. The van der Waals surface area contributed by atoms with Crippen molar-refractivity contribution in [3.05, 3.63) is 65.8 Å². The van der Waals surface area contributed by atoms with Gasteiger partial charge in [0.1, 0.15) is 5.69 Å². The summed E-state index contributed by atoms with van der Waals surface area (Å²) in [6, 6.07) is 8.62. The van der Waals surface area contributed by atoms with Crippen molar-refractivity contribution < 1.29 is 9.53 Å². The number of hydrogen-bond acceptors (Lipinski definition) is 4. The van der Waals surface area contributed by atoms with Crippen molar-refractivity contribution in [3.63, 3.8) is 0 Å². The summed E-state index contributed by atoms with van der Waals surface area (Å²) in [5, 5.41) is 3.51. The molecule has 1 N–H and O–H groups in total. The van der Waals surface area contributed by atoms with E-state index in [0.29, 0.717) is 30.8 Å². The van der Waals surface area contributed by atoms with Gasteiger partial charge in [0.2, 0.25) is 0 Å². The van der Waals surface area contributed by atoms with E-state index in [4.69, 9.17) is 4.74 Å². The predicted octanol–water partition coefficient (Wildman–Crippen LogP) is 3.37. The fourth-order valence-corrected chi connectivity index (χ4v) is 4.73. The number of morpholine rings is 1. The number of nitrogens with zero attached hydrogens (tertiary/aromatic N) is 3. The topological polar surface area (TPSA) is 59.4 Å². The van der Waals surface area contributed by atoms with E-state index in [1.54, 1.807) is 12.5 Å². The lowest BCUT2D eigenvalue weighted by molar-refractivity contribution is -0.0416. The zero-order valence-electron chi connectivity index (χ0n) is 18.2. The first kappa shape index (κ1) is 20.8. The molecule has 6 nitrogen and oxygen atoms in total. The quantitative estimate of drug-likeness (QED) is 0.771. The minimum atomic E-state index is -0.129. The summed E-state index contributed by atoms with van der Waals surface area (Å²) in [7, 11) is 0. The standard InChI is InChI=1S/C24H32N4O2/c1-16(2)18-7-5-6-8-19(18)23(17(3)4)28-15-25-13-21(28)24(29)27-11-9-20-22(14-27)30-12-10-26-20/h5-8,13,15-16,20,22-23,26H,3,9-12,14H2,1-2,4H3. The van der Waals surface area contributed by atoms with Gasteiger partial charge in [0.15, 0.2) is 0 Å². The van der Waals surface area contributed by atoms with E-state index in [1.165, 1.54) is 11.1 Å². The van der Waals surface area contributed by atoms with Gasteiger partial charge in [0, 0.05) is 25.7 Å². The van der Waals surface area contributed by atoms with Gasteiger partial charge in [0.25, 0.3) is 5.91 Å². The summed E-state index contributed by atoms with van der Waals surface area (Å²) in [5.74, 6) is 0.383. The Hall–Kier alpha value is -2.44. The fourth-order valence-electron chi connectivity index (χ4n) is 4.73. The van der Waals surface area contributed by atoms with Gasteiger partial charge in [-0.05, 0) is 30.4 Å². The summed E-state index contributed by atoms with van der Waals surface area (Å²) >= 11 is 0. The highest BCUT2D eigenvalue weighted by Gasteiger charge is 2.35. The second-order valence-corrected chi connectivity index (χ2v) is 8.73. The van der Waals surface area contributed by atoms with Crippen LogP contribution in [-0.2, 0) is 4.74 Å². The van der Waals surface area contributed by atoms with Gasteiger partial charge in [-0.15, -0.1) is 0 Å². The average molecular weight is 409 g/mol. The van der Waals surface area contributed by atoms with E-state index in [9.17, 15) is 4.79 Å². The molecule has 1 aromatic carbocycles. The van der Waals surface area contributed by atoms with Crippen molar-refractivity contribution in [1.29, 1.82) is 0 Å². The number of amides is 1. The summed E-state index contributed by atoms with van der Waals surface area (Å²) in [6.45, 7) is 13.6. The van der Waals surface area contributed by atoms with Crippen molar-refractivity contribution in [1.82, 2.24) is 19.8 Å². The Morgan fingerprint density at radius 3 is 2.80 bits per heavy atom. The molecule has 1 amide bonds. The van der Waals surface area contributed by atoms with Crippen LogP contribution in [0.4, 0.5) is 0 Å². The number of imidazole rings is 1. The number of piperidine rings is 1. The van der Waals surface area contributed by atoms with Crippen molar-refractivity contribution in [2.24, 2.45) is 0 Å². The first-order chi connectivity index (χ1) is 14.5. The van der Waals surface area contributed by atoms with Crippen LogP contribution < -0.4 is 5.32 Å². The molecule has 2 aliphatic rings. The number of aromatic nitrogens is 2. The number of benzene rings is 1. The van der Waals surface area contributed by atoms with Crippen LogP contribution in [0, 0.1) is 0 Å². The summed E-state index contributed by atoms with van der Waals surface area (Å²) in [6.07, 6.45) is 4.41. The van der Waals surface area contributed by atoms with E-state index in [0.717, 1.165) is 25.1 Å². The lowest BCUT2D eigenvalue weighted by Gasteiger charge is -2.41. The number of likely N-dealkylation sites (tertiary alicyclic amines) is 1. The van der Waals surface area contributed by atoms with Gasteiger partial charge in [-0.2, -0.15) is 0 Å². The Bertz CT molecular complexity index is 919. The second kappa shape index (κ2) is 8.74. The molecule has 30 heavy (non-hydrogen) atoms. The number of hydrogen-bond donors (Lipinski definition) is 1. The molecule has 2 fully saturated rings. The highest BCUT2D eigenvalue weighted by Crippen LogP contribution is 2.33. The minimum absolute atomic E-state index is 0.00778. The SMILES string of the molecule is C=C(C)C(c1ccccc1C(C)C)n1cncc1C(=O)N1CCC2NCCOC2C1. The number of rotatable bonds is 5. The molecule has 0 aliphatic carbocycles. The van der Waals surface area contributed by atoms with Crippen LogP contribution in [0.2, 0.25) is 0 Å². The number of nitrogens with one attached hydrogen (secondary N) is 1. The van der Waals surface area contributed by atoms with E-state index >= 15 is 0 Å². The average Bonchev–Trinajstić information content (AvgIpc) is 3.22. The highest BCUT2D eigenvalue weighted by molar-refractivity contribution is 5.92. The molecule has 6 heteroatoms. The van der Waals surface area contributed by atoms with Crippen molar-refractivity contribution in [2.45, 2.75) is 51.3 Å². The number of carbonyl (C=O) groups is 1. The molecule has 160 valence electrons. The van der Waals surface area contributed by atoms with E-state index in [-0.39, 0.29) is 18.1 Å². The van der Waals surface area contributed by atoms with Gasteiger partial charge in [-0.25, -0.2) is 4.98 Å². The van der Waals surface area contributed by atoms with Crippen LogP contribution in [0.5, 0.6) is 0 Å². The molecule has 3 atom stereocenters. The molecule has 3 heterocycles. The van der Waals surface area contributed by atoms with Crippen molar-refractivity contribution >= 4 is 5.91 Å². The zero-order valence-corrected chi connectivity index (χ0v) is 18.2. The Labute approximate surface area is 178 Å². The monoisotopic (exact) mass is 408 g/mol. The first-order valence-corrected chi connectivity index (χ1v) is 10.9. The van der Waals surface area contributed by atoms with E-state index < -0.39 is 0 Å². The predicted molar refractivity (Wildman–Crippen MR) is 118 cm³/mol. The molecule has 0 bridgehead atoms. The Kier molecular flexibility index (Phi) is 6.06. The third-order valence-corrected chi connectivity index (χ3v) is 6.23. The third kappa shape index (κ3) is 3.94. The van der Waals surface area contributed by atoms with Gasteiger partial charge in [-0.3, -0.25) is 4.79 Å². The molecule has 2 aromatic rings. The Morgan fingerprint density at radius 2 is 2.07 bits per heavy atom. The molecule has 0 radical (unpaired) electrons. The smallest absolute Gasteiger partial charge is 0.272 e. The molecule has 4 rings (SSSR count). The van der Waals surface area contributed by atoms with Gasteiger partial charge in [0.05, 0.1) is 31.3 Å². The maximum absolute atomic E-state index is 13.5. The Balaban J connectivity index is 1.64. The van der Waals surface area contributed by atoms with Crippen molar-refractivity contribution in [3.8, 4) is 0 Å². The minimum Gasteiger partial charge on any atom is -0.373 e. The van der Waals surface area contributed by atoms with Gasteiger partial charge in [-0.1, -0.05) is 50.3 Å². The van der Waals surface area contributed by atoms with E-state index in [1.807, 2.05) is 22.5 Å². The Morgan fingerprint density at radius 1 is 1.30 bits per heavy atom. The largest absolute Gasteiger partial charge is 0.373 e. The van der Waals surface area contributed by atoms with Crippen LogP contribution in [0.25, 0.3) is 0 Å².